The zero-order valence-corrected chi connectivity index (χ0v) is 13.8. The number of aryl methyl sites for hydroxylation is 1. The van der Waals surface area contributed by atoms with E-state index in [0.29, 0.717) is 17.5 Å². The minimum atomic E-state index is 0.450. The van der Waals surface area contributed by atoms with Crippen LogP contribution in [0.2, 0.25) is 0 Å². The molecule has 0 aromatic heterocycles. The Morgan fingerprint density at radius 3 is 2.65 bits per heavy atom. The van der Waals surface area contributed by atoms with E-state index >= 15 is 0 Å². The summed E-state index contributed by atoms with van der Waals surface area (Å²) < 4.78 is 5.89. The Morgan fingerprint density at radius 2 is 2.10 bits per heavy atom. The third-order valence-electron chi connectivity index (χ3n) is 3.78. The molecule has 0 aliphatic carbocycles. The largest absolute Gasteiger partial charge is 0.389 e. The predicted molar refractivity (Wildman–Crippen MR) is 90.0 cm³/mol. The van der Waals surface area contributed by atoms with Crippen LogP contribution >= 0.6 is 12.2 Å². The lowest BCUT2D eigenvalue weighted by molar-refractivity contribution is 0.0817. The molecule has 0 saturated carbocycles. The van der Waals surface area contributed by atoms with Crippen LogP contribution in [0.15, 0.2) is 18.2 Å². The molecule has 1 aromatic rings. The highest BCUT2D eigenvalue weighted by Gasteiger charge is 2.07. The summed E-state index contributed by atoms with van der Waals surface area (Å²) in [5.41, 5.74) is 8.97. The van der Waals surface area contributed by atoms with Crippen LogP contribution in [0.4, 0.5) is 0 Å². The summed E-state index contributed by atoms with van der Waals surface area (Å²) in [6.07, 6.45) is 5.02. The summed E-state index contributed by atoms with van der Waals surface area (Å²) in [5, 5.41) is 0. The van der Waals surface area contributed by atoms with Gasteiger partial charge in [0, 0.05) is 12.2 Å². The van der Waals surface area contributed by atoms with Crippen LogP contribution < -0.4 is 5.73 Å². The van der Waals surface area contributed by atoms with Gasteiger partial charge in [-0.15, -0.1) is 0 Å². The van der Waals surface area contributed by atoms with Crippen molar-refractivity contribution < 1.29 is 4.74 Å². The summed E-state index contributed by atoms with van der Waals surface area (Å²) >= 11 is 4.99. The first-order valence-corrected chi connectivity index (χ1v) is 7.96. The molecular weight excluding hydrogens is 266 g/mol. The van der Waals surface area contributed by atoms with Crippen molar-refractivity contribution in [1.29, 1.82) is 0 Å². The standard InChI is InChI=1S/C17H27NOS/c1-4-6-7-14(5-2)11-19-12-16-9-8-15(17(18)20)10-13(16)3/h8-10,14H,4-7,11-12H2,1-3H3,(H2,18,20). The van der Waals surface area contributed by atoms with E-state index in [4.69, 9.17) is 22.7 Å². The van der Waals surface area contributed by atoms with E-state index < -0.39 is 0 Å². The zero-order chi connectivity index (χ0) is 15.0. The molecule has 2 nitrogen and oxygen atoms in total. The molecule has 1 aromatic carbocycles. The van der Waals surface area contributed by atoms with Crippen LogP contribution in [0.25, 0.3) is 0 Å². The molecule has 1 rings (SSSR count). The number of thiocarbonyl (C=S) groups is 1. The van der Waals surface area contributed by atoms with Gasteiger partial charge in [0.15, 0.2) is 0 Å². The second kappa shape index (κ2) is 9.09. The van der Waals surface area contributed by atoms with Gasteiger partial charge in [-0.2, -0.15) is 0 Å². The number of hydrogen-bond acceptors (Lipinski definition) is 2. The Labute approximate surface area is 128 Å². The van der Waals surface area contributed by atoms with Gasteiger partial charge in [-0.3, -0.25) is 0 Å². The fourth-order valence-electron chi connectivity index (χ4n) is 2.24. The van der Waals surface area contributed by atoms with E-state index in [1.165, 1.54) is 36.8 Å². The molecule has 3 heteroatoms. The Bertz CT molecular complexity index is 431. The lowest BCUT2D eigenvalue weighted by Gasteiger charge is -2.15. The van der Waals surface area contributed by atoms with Crippen molar-refractivity contribution in [3.8, 4) is 0 Å². The number of unbranched alkanes of at least 4 members (excludes halogenated alkanes) is 1. The number of rotatable bonds is 9. The summed E-state index contributed by atoms with van der Waals surface area (Å²) in [5.74, 6) is 0.686. The quantitative estimate of drug-likeness (QED) is 0.687. The Morgan fingerprint density at radius 1 is 1.35 bits per heavy atom. The maximum atomic E-state index is 5.89. The van der Waals surface area contributed by atoms with Crippen molar-refractivity contribution in [3.05, 3.63) is 34.9 Å². The van der Waals surface area contributed by atoms with Crippen LogP contribution in [0.1, 0.15) is 56.2 Å². The minimum Gasteiger partial charge on any atom is -0.389 e. The SMILES string of the molecule is CCCCC(CC)COCc1ccc(C(N)=S)cc1C. The summed E-state index contributed by atoms with van der Waals surface area (Å²) in [7, 11) is 0. The number of benzene rings is 1. The van der Waals surface area contributed by atoms with Crippen molar-refractivity contribution in [3.63, 3.8) is 0 Å². The average Bonchev–Trinajstić information content (AvgIpc) is 2.43. The van der Waals surface area contributed by atoms with Crippen LogP contribution in [0.3, 0.4) is 0 Å². The average molecular weight is 293 g/mol. The van der Waals surface area contributed by atoms with Gasteiger partial charge in [0.2, 0.25) is 0 Å². The smallest absolute Gasteiger partial charge is 0.103 e. The first-order chi connectivity index (χ1) is 9.58. The lowest BCUT2D eigenvalue weighted by Crippen LogP contribution is -2.11. The van der Waals surface area contributed by atoms with Crippen molar-refractivity contribution >= 4 is 17.2 Å². The Balaban J connectivity index is 2.47. The predicted octanol–water partition coefficient (Wildman–Crippen LogP) is 4.36. The van der Waals surface area contributed by atoms with Crippen LogP contribution in [0.5, 0.6) is 0 Å². The van der Waals surface area contributed by atoms with Crippen molar-refractivity contribution in [2.45, 2.75) is 53.1 Å². The van der Waals surface area contributed by atoms with E-state index in [1.54, 1.807) is 0 Å². The molecule has 0 fully saturated rings. The minimum absolute atomic E-state index is 0.450. The van der Waals surface area contributed by atoms with Crippen LogP contribution in [0, 0.1) is 12.8 Å². The van der Waals surface area contributed by atoms with E-state index in [1.807, 2.05) is 12.1 Å². The van der Waals surface area contributed by atoms with Crippen molar-refractivity contribution in [2.75, 3.05) is 6.61 Å². The van der Waals surface area contributed by atoms with Gasteiger partial charge in [0.1, 0.15) is 4.99 Å². The molecule has 0 amide bonds. The van der Waals surface area contributed by atoms with E-state index in [-0.39, 0.29) is 0 Å². The maximum absolute atomic E-state index is 5.89. The molecule has 2 N–H and O–H groups in total. The second-order valence-corrected chi connectivity index (χ2v) is 5.88. The molecule has 0 bridgehead atoms. The third kappa shape index (κ3) is 5.59. The maximum Gasteiger partial charge on any atom is 0.103 e. The highest BCUT2D eigenvalue weighted by Crippen LogP contribution is 2.16. The third-order valence-corrected chi connectivity index (χ3v) is 4.02. The van der Waals surface area contributed by atoms with Gasteiger partial charge in [0.25, 0.3) is 0 Å². The summed E-state index contributed by atoms with van der Waals surface area (Å²) in [6, 6.07) is 6.08. The topological polar surface area (TPSA) is 35.2 Å². The number of hydrogen-bond donors (Lipinski definition) is 1. The second-order valence-electron chi connectivity index (χ2n) is 5.44. The molecule has 0 aliphatic rings. The molecular formula is C17H27NOS. The normalized spacial score (nSPS) is 12.3. The Kier molecular flexibility index (Phi) is 7.78. The fourth-order valence-corrected chi connectivity index (χ4v) is 2.37. The summed E-state index contributed by atoms with van der Waals surface area (Å²) in [6.45, 7) is 8.08. The van der Waals surface area contributed by atoms with Gasteiger partial charge in [-0.05, 0) is 36.5 Å². The number of nitrogens with two attached hydrogens (primary N) is 1. The van der Waals surface area contributed by atoms with Crippen LogP contribution in [-0.2, 0) is 11.3 Å². The first kappa shape index (κ1) is 17.1. The molecule has 0 radical (unpaired) electrons. The molecule has 1 unspecified atom stereocenters. The molecule has 0 aliphatic heterocycles. The van der Waals surface area contributed by atoms with Gasteiger partial charge in [-0.1, -0.05) is 57.5 Å². The van der Waals surface area contributed by atoms with E-state index in [0.717, 1.165) is 12.2 Å². The molecule has 0 heterocycles. The van der Waals surface area contributed by atoms with E-state index in [9.17, 15) is 0 Å². The van der Waals surface area contributed by atoms with E-state index in [2.05, 4.69) is 26.8 Å². The molecule has 112 valence electrons. The van der Waals surface area contributed by atoms with Crippen molar-refractivity contribution in [1.82, 2.24) is 0 Å². The molecule has 20 heavy (non-hydrogen) atoms. The van der Waals surface area contributed by atoms with Gasteiger partial charge < -0.3 is 10.5 Å². The Hall–Kier alpha value is -0.930. The fraction of sp³-hybridized carbons (Fsp3) is 0.588. The van der Waals surface area contributed by atoms with Crippen molar-refractivity contribution in [2.24, 2.45) is 11.7 Å². The zero-order valence-electron chi connectivity index (χ0n) is 12.9. The van der Waals surface area contributed by atoms with Gasteiger partial charge >= 0.3 is 0 Å². The first-order valence-electron chi connectivity index (χ1n) is 7.55. The highest BCUT2D eigenvalue weighted by atomic mass is 32.1. The molecule has 0 spiro atoms. The molecule has 0 saturated heterocycles. The molecule has 1 atom stereocenters. The van der Waals surface area contributed by atoms with Gasteiger partial charge in [-0.25, -0.2) is 0 Å². The highest BCUT2D eigenvalue weighted by molar-refractivity contribution is 7.80. The summed E-state index contributed by atoms with van der Waals surface area (Å²) in [4.78, 5) is 0.450. The van der Waals surface area contributed by atoms with Gasteiger partial charge in [0.05, 0.1) is 6.61 Å². The number of ether oxygens (including phenoxy) is 1. The monoisotopic (exact) mass is 293 g/mol. The van der Waals surface area contributed by atoms with Crippen LogP contribution in [-0.4, -0.2) is 11.6 Å². The lowest BCUT2D eigenvalue weighted by atomic mass is 10.0.